The van der Waals surface area contributed by atoms with E-state index in [9.17, 15) is 19.5 Å². The molecule has 1 aliphatic rings. The lowest BCUT2D eigenvalue weighted by atomic mass is 9.84. The van der Waals surface area contributed by atoms with Crippen LogP contribution in [0.25, 0.3) is 0 Å². The van der Waals surface area contributed by atoms with Gasteiger partial charge >= 0.3 is 18.0 Å². The van der Waals surface area contributed by atoms with Crippen LogP contribution >= 0.6 is 0 Å². The van der Waals surface area contributed by atoms with Crippen LogP contribution in [0.4, 0.5) is 4.79 Å². The van der Waals surface area contributed by atoms with Crippen molar-refractivity contribution in [3.8, 4) is 5.75 Å². The molecule has 1 aliphatic heterocycles. The molecule has 0 saturated carbocycles. The van der Waals surface area contributed by atoms with E-state index in [0.717, 1.165) is 0 Å². The number of esters is 1. The van der Waals surface area contributed by atoms with E-state index in [0.29, 0.717) is 22.4 Å². The number of aliphatic carboxylic acids is 1. The first-order chi connectivity index (χ1) is 13.0. The van der Waals surface area contributed by atoms with Crippen molar-refractivity contribution in [2.75, 3.05) is 27.3 Å². The highest BCUT2D eigenvalue weighted by atomic mass is 16.6. The van der Waals surface area contributed by atoms with Gasteiger partial charge in [0.15, 0.2) is 0 Å². The molecule has 0 radical (unpaired) electrons. The molecule has 0 bridgehead atoms. The Morgan fingerprint density at radius 1 is 1.14 bits per heavy atom. The monoisotopic (exact) mass is 393 g/mol. The van der Waals surface area contributed by atoms with Crippen molar-refractivity contribution in [2.24, 2.45) is 5.92 Å². The fourth-order valence-electron chi connectivity index (χ4n) is 3.42. The summed E-state index contributed by atoms with van der Waals surface area (Å²) in [5, 5.41) is 9.73. The first-order valence-electron chi connectivity index (χ1n) is 8.96. The van der Waals surface area contributed by atoms with Crippen molar-refractivity contribution >= 4 is 18.0 Å². The van der Waals surface area contributed by atoms with Crippen LogP contribution in [0.15, 0.2) is 12.1 Å². The summed E-state index contributed by atoms with van der Waals surface area (Å²) >= 11 is 0. The Morgan fingerprint density at radius 3 is 2.29 bits per heavy atom. The van der Waals surface area contributed by atoms with E-state index in [-0.39, 0.29) is 13.1 Å². The lowest BCUT2D eigenvalue weighted by molar-refractivity contribution is -0.141. The summed E-state index contributed by atoms with van der Waals surface area (Å²) < 4.78 is 15.6. The number of carboxylic acids is 1. The first-order valence-corrected chi connectivity index (χ1v) is 8.96. The number of carbonyl (C=O) groups is 3. The normalized spacial score (nSPS) is 19.3. The maximum absolute atomic E-state index is 12.5. The topological polar surface area (TPSA) is 102 Å². The summed E-state index contributed by atoms with van der Waals surface area (Å²) in [4.78, 5) is 38.1. The predicted octanol–water partition coefficient (Wildman–Crippen LogP) is 2.83. The summed E-state index contributed by atoms with van der Waals surface area (Å²) in [5.74, 6) is -2.60. The quantitative estimate of drug-likeness (QED) is 0.785. The van der Waals surface area contributed by atoms with Gasteiger partial charge in [0.25, 0.3) is 0 Å². The third-order valence-electron chi connectivity index (χ3n) is 4.65. The molecule has 1 aromatic carbocycles. The second-order valence-corrected chi connectivity index (χ2v) is 7.84. The van der Waals surface area contributed by atoms with Gasteiger partial charge in [-0.1, -0.05) is 0 Å². The number of amides is 1. The molecule has 8 heteroatoms. The van der Waals surface area contributed by atoms with Crippen LogP contribution < -0.4 is 4.74 Å². The summed E-state index contributed by atoms with van der Waals surface area (Å²) in [7, 11) is 2.76. The Morgan fingerprint density at radius 2 is 1.79 bits per heavy atom. The number of carbonyl (C=O) groups excluding carboxylic acids is 2. The Bertz CT molecular complexity index is 781. The van der Waals surface area contributed by atoms with E-state index in [4.69, 9.17) is 14.2 Å². The van der Waals surface area contributed by atoms with Gasteiger partial charge < -0.3 is 24.2 Å². The number of likely N-dealkylation sites (tertiary alicyclic amines) is 1. The summed E-state index contributed by atoms with van der Waals surface area (Å²) in [6.07, 6.45) is -0.583. The number of benzene rings is 1. The molecule has 2 atom stereocenters. The second-order valence-electron chi connectivity index (χ2n) is 7.84. The Hall–Kier alpha value is -2.77. The van der Waals surface area contributed by atoms with Gasteiger partial charge in [-0.05, 0) is 51.0 Å². The van der Waals surface area contributed by atoms with Crippen molar-refractivity contribution in [3.05, 3.63) is 28.8 Å². The van der Waals surface area contributed by atoms with Gasteiger partial charge in [0.2, 0.25) is 0 Å². The minimum absolute atomic E-state index is 0.00815. The molecule has 8 nitrogen and oxygen atoms in total. The maximum atomic E-state index is 12.5. The standard InChI is InChI=1S/C20H27NO7/c1-11-7-12(26-5)8-13(16(11)18(24)27-6)14-9-21(10-15(14)17(22)23)19(25)28-20(2,3)4/h7-8,14-15H,9-10H2,1-6H3,(H,22,23)/t14-,15+/m1/s1. The van der Waals surface area contributed by atoms with Gasteiger partial charge in [-0.15, -0.1) is 0 Å². The lowest BCUT2D eigenvalue weighted by Crippen LogP contribution is -2.35. The third kappa shape index (κ3) is 4.55. The van der Waals surface area contributed by atoms with Crippen LogP contribution in [-0.2, 0) is 14.3 Å². The number of aryl methyl sites for hydroxylation is 1. The van der Waals surface area contributed by atoms with E-state index in [2.05, 4.69) is 0 Å². The second kappa shape index (κ2) is 8.08. The van der Waals surface area contributed by atoms with Crippen molar-refractivity contribution in [1.82, 2.24) is 4.90 Å². The molecule has 1 heterocycles. The number of hydrogen-bond donors (Lipinski definition) is 1. The average molecular weight is 393 g/mol. The van der Waals surface area contributed by atoms with Crippen LogP contribution in [0.1, 0.15) is 48.2 Å². The van der Waals surface area contributed by atoms with Gasteiger partial charge in [-0.3, -0.25) is 4.79 Å². The number of methoxy groups -OCH3 is 2. The third-order valence-corrected chi connectivity index (χ3v) is 4.65. The molecule has 0 aliphatic carbocycles. The van der Waals surface area contributed by atoms with Gasteiger partial charge in [-0.2, -0.15) is 0 Å². The minimum atomic E-state index is -1.05. The molecule has 2 rings (SSSR count). The van der Waals surface area contributed by atoms with Crippen LogP contribution in [0.3, 0.4) is 0 Å². The van der Waals surface area contributed by atoms with E-state index in [1.807, 2.05) is 0 Å². The highest BCUT2D eigenvalue weighted by molar-refractivity contribution is 5.93. The molecule has 154 valence electrons. The summed E-state index contributed by atoms with van der Waals surface area (Å²) in [6.45, 7) is 7.07. The molecule has 1 amide bonds. The van der Waals surface area contributed by atoms with Crippen molar-refractivity contribution in [3.63, 3.8) is 0 Å². The summed E-state index contributed by atoms with van der Waals surface area (Å²) in [5.41, 5.74) is 0.700. The minimum Gasteiger partial charge on any atom is -0.497 e. The molecule has 1 aromatic rings. The lowest BCUT2D eigenvalue weighted by Gasteiger charge is -2.24. The van der Waals surface area contributed by atoms with Gasteiger partial charge in [0.1, 0.15) is 11.4 Å². The fourth-order valence-corrected chi connectivity index (χ4v) is 3.42. The SMILES string of the molecule is COC(=O)c1c(C)cc(OC)cc1[C@H]1CN(C(=O)OC(C)(C)C)C[C@@H]1C(=O)O. The molecule has 1 saturated heterocycles. The van der Waals surface area contributed by atoms with Crippen LogP contribution in [-0.4, -0.2) is 60.9 Å². The Labute approximate surface area is 164 Å². The summed E-state index contributed by atoms with van der Waals surface area (Å²) in [6, 6.07) is 3.32. The number of rotatable bonds is 4. The maximum Gasteiger partial charge on any atom is 0.410 e. The van der Waals surface area contributed by atoms with E-state index >= 15 is 0 Å². The fraction of sp³-hybridized carbons (Fsp3) is 0.550. The van der Waals surface area contributed by atoms with Gasteiger partial charge in [0.05, 0.1) is 25.7 Å². The van der Waals surface area contributed by atoms with Crippen molar-refractivity contribution in [1.29, 1.82) is 0 Å². The van der Waals surface area contributed by atoms with E-state index < -0.39 is 35.5 Å². The number of hydrogen-bond acceptors (Lipinski definition) is 6. The zero-order valence-corrected chi connectivity index (χ0v) is 17.1. The zero-order valence-electron chi connectivity index (χ0n) is 17.1. The van der Waals surface area contributed by atoms with Gasteiger partial charge in [0, 0.05) is 19.0 Å². The van der Waals surface area contributed by atoms with Crippen molar-refractivity contribution in [2.45, 2.75) is 39.2 Å². The van der Waals surface area contributed by atoms with Crippen LogP contribution in [0.5, 0.6) is 5.75 Å². The van der Waals surface area contributed by atoms with Crippen molar-refractivity contribution < 1.29 is 33.7 Å². The van der Waals surface area contributed by atoms with E-state index in [1.54, 1.807) is 39.8 Å². The molecule has 0 aromatic heterocycles. The van der Waals surface area contributed by atoms with Gasteiger partial charge in [-0.25, -0.2) is 9.59 Å². The highest BCUT2D eigenvalue weighted by Crippen LogP contribution is 2.38. The molecule has 0 unspecified atom stereocenters. The molecule has 1 fully saturated rings. The average Bonchev–Trinajstić information content (AvgIpc) is 3.04. The predicted molar refractivity (Wildman–Crippen MR) is 101 cm³/mol. The molecular formula is C20H27NO7. The number of carboxylic acid groups (broad SMARTS) is 1. The molecule has 1 N–H and O–H groups in total. The molecule has 0 spiro atoms. The number of ether oxygens (including phenoxy) is 3. The van der Waals surface area contributed by atoms with E-state index in [1.165, 1.54) is 19.1 Å². The molecular weight excluding hydrogens is 366 g/mol. The molecule has 28 heavy (non-hydrogen) atoms. The highest BCUT2D eigenvalue weighted by Gasteiger charge is 2.43. The first kappa shape index (κ1) is 21.5. The zero-order chi connectivity index (χ0) is 21.2. The smallest absolute Gasteiger partial charge is 0.410 e. The van der Waals surface area contributed by atoms with Crippen LogP contribution in [0, 0.1) is 12.8 Å². The Balaban J connectivity index is 2.49. The Kier molecular flexibility index (Phi) is 6.21. The number of nitrogens with zero attached hydrogens (tertiary/aromatic N) is 1. The largest absolute Gasteiger partial charge is 0.497 e. The van der Waals surface area contributed by atoms with Crippen LogP contribution in [0.2, 0.25) is 0 Å².